The summed E-state index contributed by atoms with van der Waals surface area (Å²) < 4.78 is 98.3. The van der Waals surface area contributed by atoms with Gasteiger partial charge in [-0.2, -0.15) is 41.1 Å². The maximum Gasteiger partial charge on any atom is 0.437 e. The summed E-state index contributed by atoms with van der Waals surface area (Å²) in [5.74, 6) is -5.52. The van der Waals surface area contributed by atoms with Gasteiger partial charge in [-0.15, -0.1) is 5.10 Å². The molecule has 0 aliphatic carbocycles. The quantitative estimate of drug-likeness (QED) is 0.369. The van der Waals surface area contributed by atoms with Gasteiger partial charge in [-0.05, 0) is 19.9 Å². The first kappa shape index (κ1) is 25.7. The molecule has 190 valence electrons. The van der Waals surface area contributed by atoms with Crippen molar-refractivity contribution < 1.29 is 45.4 Å². The van der Waals surface area contributed by atoms with Gasteiger partial charge in [0.25, 0.3) is 5.91 Å². The van der Waals surface area contributed by atoms with E-state index in [4.69, 9.17) is 5.11 Å². The average Bonchev–Trinajstić information content (AvgIpc) is 3.30. The number of aliphatic hydroxyl groups is 1. The van der Waals surface area contributed by atoms with E-state index >= 15 is 0 Å². The van der Waals surface area contributed by atoms with E-state index in [1.165, 1.54) is 0 Å². The summed E-state index contributed by atoms with van der Waals surface area (Å²) in [6, 6.07) is 0.304. The first-order chi connectivity index (χ1) is 16.1. The van der Waals surface area contributed by atoms with Crippen LogP contribution < -0.4 is 15.7 Å². The van der Waals surface area contributed by atoms with Crippen molar-refractivity contribution in [1.82, 2.24) is 29.9 Å². The SMILES string of the molecule is Cc1[nH]nc(C(F)(F)F)c1NC(=O)c1cc(F)c(-n2nc(CO)[nH]c2=O)nc1OC(C)C(F)(F)F. The van der Waals surface area contributed by atoms with Gasteiger partial charge in [0.15, 0.2) is 29.3 Å². The van der Waals surface area contributed by atoms with Gasteiger partial charge in [-0.1, -0.05) is 0 Å². The molecule has 0 fully saturated rings. The molecule has 3 aromatic heterocycles. The number of pyridine rings is 1. The van der Waals surface area contributed by atoms with Crippen LogP contribution in [0.2, 0.25) is 0 Å². The number of anilines is 1. The van der Waals surface area contributed by atoms with Crippen molar-refractivity contribution in [2.75, 3.05) is 5.32 Å². The molecule has 35 heavy (non-hydrogen) atoms. The number of nitrogens with one attached hydrogen (secondary N) is 3. The number of ether oxygens (including phenoxy) is 1. The highest BCUT2D eigenvalue weighted by Crippen LogP contribution is 2.35. The van der Waals surface area contributed by atoms with Gasteiger partial charge in [-0.3, -0.25) is 14.9 Å². The Morgan fingerprint density at radius 1 is 1.29 bits per heavy atom. The van der Waals surface area contributed by atoms with Crippen molar-refractivity contribution in [1.29, 1.82) is 0 Å². The second-order valence-corrected chi connectivity index (χ2v) is 6.92. The second-order valence-electron chi connectivity index (χ2n) is 6.92. The fourth-order valence-electron chi connectivity index (χ4n) is 2.65. The van der Waals surface area contributed by atoms with Gasteiger partial charge in [0.2, 0.25) is 5.88 Å². The highest BCUT2D eigenvalue weighted by Gasteiger charge is 2.40. The van der Waals surface area contributed by atoms with E-state index in [0.29, 0.717) is 13.0 Å². The summed E-state index contributed by atoms with van der Waals surface area (Å²) in [5, 5.41) is 19.4. The lowest BCUT2D eigenvalue weighted by Crippen LogP contribution is -2.32. The lowest BCUT2D eigenvalue weighted by molar-refractivity contribution is -0.190. The molecule has 4 N–H and O–H groups in total. The van der Waals surface area contributed by atoms with Crippen LogP contribution in [0, 0.1) is 12.7 Å². The number of aryl methyl sites for hydroxylation is 1. The van der Waals surface area contributed by atoms with Crippen molar-refractivity contribution in [2.45, 2.75) is 38.9 Å². The molecule has 3 aromatic rings. The van der Waals surface area contributed by atoms with Gasteiger partial charge in [0.05, 0.1) is 11.4 Å². The smallest absolute Gasteiger partial charge is 0.437 e. The van der Waals surface area contributed by atoms with Gasteiger partial charge in [-0.25, -0.2) is 9.18 Å². The van der Waals surface area contributed by atoms with Crippen LogP contribution in [-0.4, -0.2) is 53.2 Å². The molecule has 0 aliphatic rings. The predicted octanol–water partition coefficient (Wildman–Crippen LogP) is 2.22. The third-order valence-electron chi connectivity index (χ3n) is 4.39. The Labute approximate surface area is 188 Å². The number of rotatable bonds is 6. The number of alkyl halides is 6. The van der Waals surface area contributed by atoms with Crippen molar-refractivity contribution in [2.24, 2.45) is 0 Å². The third-order valence-corrected chi connectivity index (χ3v) is 4.39. The molecule has 1 atom stereocenters. The van der Waals surface area contributed by atoms with Gasteiger partial charge < -0.3 is 15.2 Å². The maximum absolute atomic E-state index is 14.8. The van der Waals surface area contributed by atoms with E-state index in [1.54, 1.807) is 5.32 Å². The highest BCUT2D eigenvalue weighted by molar-refractivity contribution is 6.06. The third kappa shape index (κ3) is 5.26. The number of aromatic amines is 2. The number of aromatic nitrogens is 6. The van der Waals surface area contributed by atoms with Gasteiger partial charge in [0.1, 0.15) is 12.2 Å². The van der Waals surface area contributed by atoms with E-state index in [1.807, 2.05) is 10.1 Å². The first-order valence-corrected chi connectivity index (χ1v) is 9.30. The summed E-state index contributed by atoms with van der Waals surface area (Å²) in [5.41, 5.74) is -4.84. The minimum atomic E-state index is -5.02. The summed E-state index contributed by atoms with van der Waals surface area (Å²) >= 11 is 0. The first-order valence-electron chi connectivity index (χ1n) is 9.30. The predicted molar refractivity (Wildman–Crippen MR) is 100 cm³/mol. The van der Waals surface area contributed by atoms with Crippen LogP contribution in [0.1, 0.15) is 34.5 Å². The molecule has 0 saturated carbocycles. The molecule has 1 amide bonds. The van der Waals surface area contributed by atoms with Crippen LogP contribution in [0.5, 0.6) is 5.88 Å². The number of carbonyl (C=O) groups is 1. The standard InChI is InChI=1S/C17H14F7N7O4/c1-5-10(11(29-28-5)17(22,23)24)26-13(33)7-3-8(18)12(31-15(34)25-9(4-32)30-31)27-14(7)35-6(2)16(19,20)21/h3,6,32H,4H2,1-2H3,(H,26,33)(H,28,29)(H,25,30,34). The number of H-pyrrole nitrogens is 2. The number of halogens is 7. The molecule has 0 aliphatic heterocycles. The molecule has 18 heteroatoms. The zero-order valence-corrected chi connectivity index (χ0v) is 17.5. The molecule has 0 bridgehead atoms. The topological polar surface area (TPSA) is 151 Å². The van der Waals surface area contributed by atoms with E-state index in [9.17, 15) is 40.3 Å². The minimum Gasteiger partial charge on any atom is -0.464 e. The van der Waals surface area contributed by atoms with Crippen LogP contribution in [0.4, 0.5) is 36.4 Å². The number of aliphatic hydroxyl groups excluding tert-OH is 1. The lowest BCUT2D eigenvalue weighted by atomic mass is 10.2. The molecule has 0 aromatic carbocycles. The van der Waals surface area contributed by atoms with Gasteiger partial charge >= 0.3 is 18.0 Å². The van der Waals surface area contributed by atoms with E-state index in [-0.39, 0.29) is 16.2 Å². The molecular weight excluding hydrogens is 499 g/mol. The van der Waals surface area contributed by atoms with Crippen LogP contribution in [0.3, 0.4) is 0 Å². The molecule has 11 nitrogen and oxygen atoms in total. The Balaban J connectivity index is 2.12. The fourth-order valence-corrected chi connectivity index (χ4v) is 2.65. The van der Waals surface area contributed by atoms with Gasteiger partial charge in [0, 0.05) is 0 Å². The van der Waals surface area contributed by atoms with Crippen LogP contribution in [0.15, 0.2) is 10.9 Å². The highest BCUT2D eigenvalue weighted by atomic mass is 19.4. The van der Waals surface area contributed by atoms with Crippen molar-refractivity contribution >= 4 is 11.6 Å². The number of carbonyl (C=O) groups excluding carboxylic acids is 1. The number of amides is 1. The molecular formula is C17H14F7N7O4. The Morgan fingerprint density at radius 2 is 1.94 bits per heavy atom. The van der Waals surface area contributed by atoms with E-state index < -0.39 is 71.1 Å². The molecule has 0 saturated heterocycles. The lowest BCUT2D eigenvalue weighted by Gasteiger charge is -2.19. The monoisotopic (exact) mass is 513 g/mol. The summed E-state index contributed by atoms with van der Waals surface area (Å²) in [6.45, 7) is 0.856. The average molecular weight is 513 g/mol. The number of hydrogen-bond donors (Lipinski definition) is 4. The Morgan fingerprint density at radius 3 is 2.49 bits per heavy atom. The number of nitrogens with zero attached hydrogens (tertiary/aromatic N) is 4. The minimum absolute atomic E-state index is 0.246. The summed E-state index contributed by atoms with van der Waals surface area (Å²) in [7, 11) is 0. The Bertz CT molecular complexity index is 1310. The summed E-state index contributed by atoms with van der Waals surface area (Å²) in [4.78, 5) is 30.1. The largest absolute Gasteiger partial charge is 0.464 e. The van der Waals surface area contributed by atoms with Crippen LogP contribution in [0.25, 0.3) is 5.82 Å². The molecule has 3 rings (SSSR count). The Kier molecular flexibility index (Phi) is 6.60. The molecule has 0 spiro atoms. The Hall–Kier alpha value is -3.96. The van der Waals surface area contributed by atoms with Crippen molar-refractivity contribution in [3.63, 3.8) is 0 Å². The molecule has 0 radical (unpaired) electrons. The number of hydrogen-bond acceptors (Lipinski definition) is 7. The second kappa shape index (κ2) is 9.01. The van der Waals surface area contributed by atoms with Crippen LogP contribution >= 0.6 is 0 Å². The van der Waals surface area contributed by atoms with E-state index in [2.05, 4.69) is 19.9 Å². The molecule has 3 heterocycles. The normalized spacial score (nSPS) is 13.1. The van der Waals surface area contributed by atoms with Crippen molar-refractivity contribution in [3.05, 3.63) is 45.1 Å². The van der Waals surface area contributed by atoms with E-state index in [0.717, 1.165) is 6.92 Å². The maximum atomic E-state index is 14.8. The zero-order chi connectivity index (χ0) is 26.3. The zero-order valence-electron chi connectivity index (χ0n) is 17.5. The van der Waals surface area contributed by atoms with Crippen molar-refractivity contribution in [3.8, 4) is 11.7 Å². The fraction of sp³-hybridized carbons (Fsp3) is 0.353. The van der Waals surface area contributed by atoms with Crippen LogP contribution in [-0.2, 0) is 12.8 Å². The molecule has 1 unspecified atom stereocenters. The summed E-state index contributed by atoms with van der Waals surface area (Å²) in [6.07, 6.45) is -12.6.